The van der Waals surface area contributed by atoms with E-state index in [1.54, 1.807) is 0 Å². The lowest BCUT2D eigenvalue weighted by Crippen LogP contribution is -2.49. The topological polar surface area (TPSA) is 9.23 Å². The van der Waals surface area contributed by atoms with Gasteiger partial charge in [-0.1, -0.05) is 39.5 Å². The van der Waals surface area contributed by atoms with E-state index >= 15 is 0 Å². The minimum Gasteiger partial charge on any atom is -0.200 e. The van der Waals surface area contributed by atoms with Crippen molar-refractivity contribution < 1.29 is 9.48 Å². The minimum atomic E-state index is 0.467. The average molecular weight is 244 g/mol. The third kappa shape index (κ3) is 6.42. The molecule has 17 heavy (non-hydrogen) atoms. The fourth-order valence-electron chi connectivity index (χ4n) is 2.32. The van der Waals surface area contributed by atoms with Crippen molar-refractivity contribution in [3.63, 3.8) is 0 Å². The van der Waals surface area contributed by atoms with E-state index in [4.69, 9.17) is 4.84 Å². The fourth-order valence-corrected chi connectivity index (χ4v) is 2.32. The van der Waals surface area contributed by atoms with Crippen LogP contribution < -0.4 is 0 Å². The molecule has 0 unspecified atom stereocenters. The Morgan fingerprint density at radius 3 is 1.47 bits per heavy atom. The van der Waals surface area contributed by atoms with Crippen LogP contribution in [-0.2, 0) is 4.84 Å². The first-order chi connectivity index (χ1) is 8.17. The first-order valence-electron chi connectivity index (χ1n) is 7.72. The molecular formula is C15H34NO+. The molecule has 0 aromatic rings. The Balaban J connectivity index is 4.34. The van der Waals surface area contributed by atoms with Gasteiger partial charge in [-0.25, -0.2) is 0 Å². The van der Waals surface area contributed by atoms with Gasteiger partial charge in [-0.2, -0.15) is 9.48 Å². The molecule has 0 heterocycles. The highest BCUT2D eigenvalue weighted by Crippen LogP contribution is 2.19. The molecule has 0 amide bonds. The molecule has 0 fully saturated rings. The van der Waals surface area contributed by atoms with E-state index in [0.29, 0.717) is 6.10 Å². The van der Waals surface area contributed by atoms with Gasteiger partial charge in [-0.05, 0) is 33.6 Å². The van der Waals surface area contributed by atoms with Crippen LogP contribution in [0, 0.1) is 0 Å². The van der Waals surface area contributed by atoms with Crippen molar-refractivity contribution in [2.45, 2.75) is 79.2 Å². The van der Waals surface area contributed by atoms with Crippen LogP contribution in [0.2, 0.25) is 0 Å². The van der Waals surface area contributed by atoms with Gasteiger partial charge in [-0.3, -0.25) is 0 Å². The van der Waals surface area contributed by atoms with Gasteiger partial charge in [0, 0.05) is 0 Å². The Bertz CT molecular complexity index is 150. The molecule has 0 radical (unpaired) electrons. The predicted molar refractivity (Wildman–Crippen MR) is 75.8 cm³/mol. The Hall–Kier alpha value is -0.0800. The molecule has 2 heteroatoms. The molecule has 0 atom stereocenters. The number of rotatable bonds is 11. The van der Waals surface area contributed by atoms with Crippen molar-refractivity contribution in [2.75, 3.05) is 19.6 Å². The molecule has 104 valence electrons. The third-order valence-electron chi connectivity index (χ3n) is 3.86. The predicted octanol–water partition coefficient (Wildman–Crippen LogP) is 4.54. The summed E-state index contributed by atoms with van der Waals surface area (Å²) >= 11 is 0. The lowest BCUT2D eigenvalue weighted by Gasteiger charge is -2.36. The Kier molecular flexibility index (Phi) is 9.85. The summed E-state index contributed by atoms with van der Waals surface area (Å²) in [5.74, 6) is 0. The summed E-state index contributed by atoms with van der Waals surface area (Å²) in [6, 6.07) is 0. The molecule has 2 nitrogen and oxygen atoms in total. The summed E-state index contributed by atoms with van der Waals surface area (Å²) in [6.45, 7) is 14.5. The van der Waals surface area contributed by atoms with E-state index in [9.17, 15) is 0 Å². The number of quaternary nitrogens is 1. The maximum atomic E-state index is 6.43. The molecule has 0 aliphatic carbocycles. The molecule has 0 rings (SSSR count). The molecule has 0 aliphatic heterocycles. The second kappa shape index (κ2) is 9.90. The second-order valence-corrected chi connectivity index (χ2v) is 5.02. The van der Waals surface area contributed by atoms with Gasteiger partial charge in [0.1, 0.15) is 25.7 Å². The van der Waals surface area contributed by atoms with Crippen molar-refractivity contribution in [2.24, 2.45) is 0 Å². The smallest absolute Gasteiger partial charge is 0.117 e. The molecule has 0 aromatic heterocycles. The van der Waals surface area contributed by atoms with Crippen molar-refractivity contribution in [3.8, 4) is 0 Å². The van der Waals surface area contributed by atoms with E-state index in [0.717, 1.165) is 24.3 Å². The van der Waals surface area contributed by atoms with Crippen LogP contribution in [0.4, 0.5) is 0 Å². The van der Waals surface area contributed by atoms with E-state index in [2.05, 4.69) is 34.6 Å². The quantitative estimate of drug-likeness (QED) is 0.383. The summed E-state index contributed by atoms with van der Waals surface area (Å²) < 4.78 is 0.831. The first-order valence-corrected chi connectivity index (χ1v) is 7.72. The zero-order chi connectivity index (χ0) is 13.1. The van der Waals surface area contributed by atoms with E-state index in [1.165, 1.54) is 38.5 Å². The molecule has 0 bridgehead atoms. The van der Waals surface area contributed by atoms with Crippen LogP contribution in [0.5, 0.6) is 0 Å². The lowest BCUT2D eigenvalue weighted by molar-refractivity contribution is -1.11. The molecule has 0 aliphatic rings. The summed E-state index contributed by atoms with van der Waals surface area (Å²) in [7, 11) is 0. The van der Waals surface area contributed by atoms with Gasteiger partial charge < -0.3 is 0 Å². The second-order valence-electron chi connectivity index (χ2n) is 5.02. The number of unbranched alkanes of at least 4 members (excludes halogenated alkanes) is 2. The van der Waals surface area contributed by atoms with Gasteiger partial charge >= 0.3 is 0 Å². The van der Waals surface area contributed by atoms with Crippen LogP contribution >= 0.6 is 0 Å². The molecule has 0 N–H and O–H groups in total. The zero-order valence-electron chi connectivity index (χ0n) is 12.8. The SMILES string of the molecule is CCCCC(CCCC)O[N+](CC)(CC)CC. The average Bonchev–Trinajstić information content (AvgIpc) is 2.38. The standard InChI is InChI=1S/C15H34NO/c1-6-11-13-15(14-12-7-2)17-16(8-3,9-4)10-5/h15H,6-14H2,1-5H3/q+1. The zero-order valence-corrected chi connectivity index (χ0v) is 12.8. The number of hydrogen-bond acceptors (Lipinski definition) is 1. The van der Waals surface area contributed by atoms with Gasteiger partial charge in [0.2, 0.25) is 0 Å². The van der Waals surface area contributed by atoms with Crippen LogP contribution in [0.15, 0.2) is 0 Å². The van der Waals surface area contributed by atoms with Crippen molar-refractivity contribution in [3.05, 3.63) is 0 Å². The van der Waals surface area contributed by atoms with Gasteiger partial charge in [-0.15, -0.1) is 0 Å². The molecule has 0 saturated carbocycles. The van der Waals surface area contributed by atoms with E-state index in [1.807, 2.05) is 0 Å². The Labute approximate surface area is 109 Å². The maximum absolute atomic E-state index is 6.43. The monoisotopic (exact) mass is 244 g/mol. The highest BCUT2D eigenvalue weighted by Gasteiger charge is 2.27. The summed E-state index contributed by atoms with van der Waals surface area (Å²) in [4.78, 5) is 6.43. The van der Waals surface area contributed by atoms with Gasteiger partial charge in [0.25, 0.3) is 0 Å². The van der Waals surface area contributed by atoms with Crippen molar-refractivity contribution >= 4 is 0 Å². The van der Waals surface area contributed by atoms with Gasteiger partial charge in [0.05, 0.1) is 0 Å². The van der Waals surface area contributed by atoms with Gasteiger partial charge in [0.15, 0.2) is 0 Å². The lowest BCUT2D eigenvalue weighted by atomic mass is 10.1. The van der Waals surface area contributed by atoms with Crippen LogP contribution in [0.1, 0.15) is 73.1 Å². The van der Waals surface area contributed by atoms with E-state index in [-0.39, 0.29) is 0 Å². The molecule has 0 spiro atoms. The first kappa shape index (κ1) is 16.9. The Morgan fingerprint density at radius 1 is 0.765 bits per heavy atom. The highest BCUT2D eigenvalue weighted by atomic mass is 16.7. The number of hydrogen-bond donors (Lipinski definition) is 0. The molecule has 0 aromatic carbocycles. The van der Waals surface area contributed by atoms with Crippen LogP contribution in [0.25, 0.3) is 0 Å². The summed E-state index contributed by atoms with van der Waals surface area (Å²) in [5, 5.41) is 0. The van der Waals surface area contributed by atoms with E-state index < -0.39 is 0 Å². The van der Waals surface area contributed by atoms with Crippen LogP contribution in [-0.4, -0.2) is 30.4 Å². The molecule has 0 saturated heterocycles. The highest BCUT2D eigenvalue weighted by molar-refractivity contribution is 4.56. The minimum absolute atomic E-state index is 0.467. The summed E-state index contributed by atoms with van der Waals surface area (Å²) in [5.41, 5.74) is 0. The van der Waals surface area contributed by atoms with Crippen LogP contribution in [0.3, 0.4) is 0 Å². The number of hydroxylamine groups is 3. The molecular weight excluding hydrogens is 210 g/mol. The van der Waals surface area contributed by atoms with Crippen molar-refractivity contribution in [1.29, 1.82) is 0 Å². The van der Waals surface area contributed by atoms with Crippen molar-refractivity contribution in [1.82, 2.24) is 0 Å². The largest absolute Gasteiger partial charge is 0.200 e. The summed E-state index contributed by atoms with van der Waals surface area (Å²) in [6.07, 6.45) is 8.08. The third-order valence-corrected chi connectivity index (χ3v) is 3.86. The maximum Gasteiger partial charge on any atom is 0.117 e. The fraction of sp³-hybridized carbons (Fsp3) is 1.00. The number of nitrogens with zero attached hydrogens (tertiary/aromatic N) is 1. The Morgan fingerprint density at radius 2 is 1.18 bits per heavy atom. The normalized spacial score (nSPS) is 12.4.